The van der Waals surface area contributed by atoms with Crippen molar-refractivity contribution in [3.63, 3.8) is 0 Å². The Bertz CT molecular complexity index is 775. The van der Waals surface area contributed by atoms with Crippen LogP contribution in [0.3, 0.4) is 0 Å². The molecule has 0 fully saturated rings. The standard InChI is InChI=1S/C18H20ClFN2O3/c1-18(2,3)25-17(24)22-12-7-8-14(20)15(9-12)21-10-11-5-4-6-13(19)16(11)23/h4-9,21,23H,10H2,1-3H3,(H,22,24). The largest absolute Gasteiger partial charge is 0.506 e. The molecule has 0 aromatic heterocycles. The number of halogens is 2. The highest BCUT2D eigenvalue weighted by Gasteiger charge is 2.16. The number of ether oxygens (including phenoxy) is 1. The van der Waals surface area contributed by atoms with Crippen molar-refractivity contribution in [2.24, 2.45) is 0 Å². The minimum Gasteiger partial charge on any atom is -0.506 e. The molecule has 134 valence electrons. The van der Waals surface area contributed by atoms with E-state index in [1.54, 1.807) is 39.0 Å². The first kappa shape index (κ1) is 18.9. The molecule has 0 radical (unpaired) electrons. The number of nitrogens with one attached hydrogen (secondary N) is 2. The van der Waals surface area contributed by atoms with Crippen LogP contribution in [0.25, 0.3) is 0 Å². The lowest BCUT2D eigenvalue weighted by atomic mass is 10.2. The molecule has 0 bridgehead atoms. The summed E-state index contributed by atoms with van der Waals surface area (Å²) in [5.74, 6) is -0.545. The van der Waals surface area contributed by atoms with Gasteiger partial charge in [-0.3, -0.25) is 5.32 Å². The van der Waals surface area contributed by atoms with Crippen LogP contribution in [0.2, 0.25) is 5.02 Å². The van der Waals surface area contributed by atoms with Crippen molar-refractivity contribution in [3.05, 3.63) is 52.8 Å². The molecule has 0 aliphatic carbocycles. The predicted octanol–water partition coefficient (Wildman–Crippen LogP) is 5.14. The second-order valence-corrected chi connectivity index (χ2v) is 6.83. The predicted molar refractivity (Wildman–Crippen MR) is 96.7 cm³/mol. The van der Waals surface area contributed by atoms with Gasteiger partial charge in [0.05, 0.1) is 10.7 Å². The molecular weight excluding hydrogens is 347 g/mol. The summed E-state index contributed by atoms with van der Waals surface area (Å²) < 4.78 is 19.1. The first-order valence-corrected chi connectivity index (χ1v) is 8.03. The van der Waals surface area contributed by atoms with E-state index < -0.39 is 17.5 Å². The van der Waals surface area contributed by atoms with Crippen molar-refractivity contribution in [2.75, 3.05) is 10.6 Å². The van der Waals surface area contributed by atoms with E-state index in [0.717, 1.165) is 0 Å². The summed E-state index contributed by atoms with van der Waals surface area (Å²) in [5, 5.41) is 15.5. The number of hydrogen-bond acceptors (Lipinski definition) is 4. The molecule has 5 nitrogen and oxygen atoms in total. The molecule has 0 atom stereocenters. The Balaban J connectivity index is 2.08. The molecule has 7 heteroatoms. The van der Waals surface area contributed by atoms with Gasteiger partial charge in [-0.2, -0.15) is 0 Å². The zero-order valence-corrected chi connectivity index (χ0v) is 14.9. The Hall–Kier alpha value is -2.47. The lowest BCUT2D eigenvalue weighted by molar-refractivity contribution is 0.0636. The van der Waals surface area contributed by atoms with Crippen molar-refractivity contribution in [1.29, 1.82) is 0 Å². The van der Waals surface area contributed by atoms with Crippen molar-refractivity contribution in [3.8, 4) is 5.75 Å². The number of para-hydroxylation sites is 1. The Morgan fingerprint density at radius 1 is 1.28 bits per heavy atom. The van der Waals surface area contributed by atoms with E-state index in [-0.39, 0.29) is 23.0 Å². The van der Waals surface area contributed by atoms with Gasteiger partial charge in [0.25, 0.3) is 0 Å². The number of carbonyl (C=O) groups excluding carboxylic acids is 1. The molecule has 0 aliphatic rings. The number of carbonyl (C=O) groups is 1. The zero-order chi connectivity index (χ0) is 18.6. The van der Waals surface area contributed by atoms with Gasteiger partial charge in [0.2, 0.25) is 0 Å². The van der Waals surface area contributed by atoms with Gasteiger partial charge in [0.15, 0.2) is 0 Å². The van der Waals surface area contributed by atoms with E-state index in [4.69, 9.17) is 16.3 Å². The molecule has 3 N–H and O–H groups in total. The summed E-state index contributed by atoms with van der Waals surface area (Å²) in [6.07, 6.45) is -0.627. The van der Waals surface area contributed by atoms with E-state index in [2.05, 4.69) is 10.6 Å². The Morgan fingerprint density at radius 2 is 2.00 bits per heavy atom. The van der Waals surface area contributed by atoms with Gasteiger partial charge in [-0.15, -0.1) is 0 Å². The molecular formula is C18H20ClFN2O3. The summed E-state index contributed by atoms with van der Waals surface area (Å²) in [5.41, 5.74) is 0.453. The van der Waals surface area contributed by atoms with Crippen molar-refractivity contribution >= 4 is 29.1 Å². The van der Waals surface area contributed by atoms with Crippen LogP contribution in [-0.4, -0.2) is 16.8 Å². The number of rotatable bonds is 4. The molecule has 0 heterocycles. The van der Waals surface area contributed by atoms with Gasteiger partial charge >= 0.3 is 6.09 Å². The molecule has 25 heavy (non-hydrogen) atoms. The maximum absolute atomic E-state index is 14.0. The number of anilines is 2. The van der Waals surface area contributed by atoms with Gasteiger partial charge < -0.3 is 15.2 Å². The quantitative estimate of drug-likeness (QED) is 0.700. The average Bonchev–Trinajstić information content (AvgIpc) is 2.49. The first-order valence-electron chi connectivity index (χ1n) is 7.65. The lowest BCUT2D eigenvalue weighted by Crippen LogP contribution is -2.27. The molecule has 2 aromatic rings. The van der Waals surface area contributed by atoms with Crippen LogP contribution in [0.4, 0.5) is 20.6 Å². The van der Waals surface area contributed by atoms with Gasteiger partial charge in [0.1, 0.15) is 17.2 Å². The van der Waals surface area contributed by atoms with Crippen molar-refractivity contribution in [1.82, 2.24) is 0 Å². The second kappa shape index (κ2) is 7.61. The first-order chi connectivity index (χ1) is 11.7. The molecule has 2 aromatic carbocycles. The highest BCUT2D eigenvalue weighted by Crippen LogP contribution is 2.28. The van der Waals surface area contributed by atoms with E-state index in [9.17, 15) is 14.3 Å². The zero-order valence-electron chi connectivity index (χ0n) is 14.2. The Morgan fingerprint density at radius 3 is 2.68 bits per heavy atom. The highest BCUT2D eigenvalue weighted by atomic mass is 35.5. The van der Waals surface area contributed by atoms with Gasteiger partial charge in [0, 0.05) is 17.8 Å². The van der Waals surface area contributed by atoms with E-state index in [1.807, 2.05) is 0 Å². The third-order valence-corrected chi connectivity index (χ3v) is 3.46. The van der Waals surface area contributed by atoms with Crippen LogP contribution in [0.5, 0.6) is 5.75 Å². The van der Waals surface area contributed by atoms with Gasteiger partial charge in [-0.1, -0.05) is 23.7 Å². The molecule has 0 saturated carbocycles. The number of hydrogen-bond donors (Lipinski definition) is 3. The van der Waals surface area contributed by atoms with Crippen LogP contribution in [0.15, 0.2) is 36.4 Å². The molecule has 0 aliphatic heterocycles. The SMILES string of the molecule is CC(C)(C)OC(=O)Nc1ccc(F)c(NCc2cccc(Cl)c2O)c1. The minimum absolute atomic E-state index is 0.0555. The molecule has 1 amide bonds. The van der Waals surface area contributed by atoms with Crippen LogP contribution in [0.1, 0.15) is 26.3 Å². The molecule has 0 unspecified atom stereocenters. The van der Waals surface area contributed by atoms with Crippen molar-refractivity contribution in [2.45, 2.75) is 32.9 Å². The topological polar surface area (TPSA) is 70.6 Å². The number of aromatic hydroxyl groups is 1. The smallest absolute Gasteiger partial charge is 0.412 e. The van der Waals surface area contributed by atoms with E-state index in [0.29, 0.717) is 11.3 Å². The van der Waals surface area contributed by atoms with Gasteiger partial charge in [-0.05, 0) is 45.0 Å². The third-order valence-electron chi connectivity index (χ3n) is 3.15. The summed E-state index contributed by atoms with van der Waals surface area (Å²) in [7, 11) is 0. The van der Waals surface area contributed by atoms with Crippen molar-refractivity contribution < 1.29 is 19.0 Å². The number of amides is 1. The average molecular weight is 367 g/mol. The van der Waals surface area contributed by atoms with Crippen LogP contribution >= 0.6 is 11.6 Å². The van der Waals surface area contributed by atoms with Crippen LogP contribution in [-0.2, 0) is 11.3 Å². The number of phenolic OH excluding ortho intramolecular Hbond substituents is 1. The molecule has 0 saturated heterocycles. The minimum atomic E-state index is -0.630. The molecule has 0 spiro atoms. The fourth-order valence-corrected chi connectivity index (χ4v) is 2.25. The fourth-order valence-electron chi connectivity index (χ4n) is 2.05. The van der Waals surface area contributed by atoms with E-state index >= 15 is 0 Å². The Kier molecular flexibility index (Phi) is 5.74. The van der Waals surface area contributed by atoms with E-state index in [1.165, 1.54) is 18.2 Å². The van der Waals surface area contributed by atoms with Crippen LogP contribution in [0, 0.1) is 5.82 Å². The lowest BCUT2D eigenvalue weighted by Gasteiger charge is -2.20. The monoisotopic (exact) mass is 366 g/mol. The maximum atomic E-state index is 14.0. The second-order valence-electron chi connectivity index (χ2n) is 6.42. The van der Waals surface area contributed by atoms with Crippen LogP contribution < -0.4 is 10.6 Å². The number of benzene rings is 2. The van der Waals surface area contributed by atoms with Gasteiger partial charge in [-0.25, -0.2) is 9.18 Å². The normalized spacial score (nSPS) is 11.1. The number of phenols is 1. The Labute approximate surface area is 150 Å². The fraction of sp³-hybridized carbons (Fsp3) is 0.278. The third kappa shape index (κ3) is 5.53. The summed E-state index contributed by atoms with van der Waals surface area (Å²) in [6, 6.07) is 9.03. The summed E-state index contributed by atoms with van der Waals surface area (Å²) in [6.45, 7) is 5.42. The summed E-state index contributed by atoms with van der Waals surface area (Å²) in [4.78, 5) is 11.8. The highest BCUT2D eigenvalue weighted by molar-refractivity contribution is 6.32. The molecule has 2 rings (SSSR count). The maximum Gasteiger partial charge on any atom is 0.412 e. The summed E-state index contributed by atoms with van der Waals surface area (Å²) >= 11 is 5.85.